The number of aliphatic hydroxyl groups is 1. The number of hydrogen-bond donors (Lipinski definition) is 1. The van der Waals surface area contributed by atoms with Gasteiger partial charge >= 0.3 is 5.97 Å². The van der Waals surface area contributed by atoms with E-state index < -0.39 is 17.7 Å². The van der Waals surface area contributed by atoms with Gasteiger partial charge < -0.3 is 9.84 Å². The van der Waals surface area contributed by atoms with Crippen LogP contribution in [0.25, 0.3) is 0 Å². The molecule has 1 N–H and O–H groups in total. The lowest BCUT2D eigenvalue weighted by Crippen LogP contribution is -2.31. The monoisotopic (exact) mass is 160 g/mol. The van der Waals surface area contributed by atoms with Crippen molar-refractivity contribution >= 4 is 5.97 Å². The SMILES string of the molecule is CC[C@@H](O)C(=O)OC(C)(C)C. The van der Waals surface area contributed by atoms with E-state index in [4.69, 9.17) is 9.84 Å². The van der Waals surface area contributed by atoms with Gasteiger partial charge in [0.05, 0.1) is 0 Å². The number of rotatable bonds is 2. The Bertz CT molecular complexity index is 135. The topological polar surface area (TPSA) is 46.5 Å². The van der Waals surface area contributed by atoms with Crippen LogP contribution in [-0.4, -0.2) is 22.8 Å². The van der Waals surface area contributed by atoms with Crippen molar-refractivity contribution < 1.29 is 14.6 Å². The van der Waals surface area contributed by atoms with Crippen molar-refractivity contribution in [1.82, 2.24) is 0 Å². The van der Waals surface area contributed by atoms with Crippen LogP contribution in [0.2, 0.25) is 0 Å². The van der Waals surface area contributed by atoms with Crippen molar-refractivity contribution in [2.75, 3.05) is 0 Å². The fraction of sp³-hybridized carbons (Fsp3) is 0.875. The fourth-order valence-electron chi connectivity index (χ4n) is 0.536. The van der Waals surface area contributed by atoms with Gasteiger partial charge in [0.1, 0.15) is 5.60 Å². The van der Waals surface area contributed by atoms with Crippen LogP contribution in [0.15, 0.2) is 0 Å². The first-order valence-electron chi connectivity index (χ1n) is 3.77. The van der Waals surface area contributed by atoms with Gasteiger partial charge in [0.15, 0.2) is 6.10 Å². The predicted octanol–water partition coefficient (Wildman–Crippen LogP) is 1.10. The summed E-state index contributed by atoms with van der Waals surface area (Å²) in [5.41, 5.74) is -0.507. The molecule has 3 nitrogen and oxygen atoms in total. The Labute approximate surface area is 67.4 Å². The molecule has 0 amide bonds. The summed E-state index contributed by atoms with van der Waals surface area (Å²) in [5, 5.41) is 9.02. The molecule has 0 aliphatic rings. The van der Waals surface area contributed by atoms with E-state index in [1.165, 1.54) is 0 Å². The van der Waals surface area contributed by atoms with Crippen LogP contribution < -0.4 is 0 Å². The van der Waals surface area contributed by atoms with E-state index in [0.29, 0.717) is 6.42 Å². The maximum Gasteiger partial charge on any atom is 0.335 e. The molecule has 1 atom stereocenters. The molecule has 3 heteroatoms. The molecule has 0 aliphatic carbocycles. The van der Waals surface area contributed by atoms with Gasteiger partial charge in [-0.1, -0.05) is 6.92 Å². The molecular formula is C8H16O3. The quantitative estimate of drug-likeness (QED) is 0.615. The molecule has 0 unspecified atom stereocenters. The maximum atomic E-state index is 10.9. The molecule has 0 aromatic carbocycles. The summed E-state index contributed by atoms with van der Waals surface area (Å²) in [4.78, 5) is 10.9. The average molecular weight is 160 g/mol. The number of carbonyl (C=O) groups excluding carboxylic acids is 1. The zero-order valence-electron chi connectivity index (χ0n) is 7.55. The molecule has 0 aromatic rings. The normalized spacial score (nSPS) is 14.3. The smallest absolute Gasteiger partial charge is 0.335 e. The largest absolute Gasteiger partial charge is 0.458 e. The lowest BCUT2D eigenvalue weighted by atomic mass is 10.2. The van der Waals surface area contributed by atoms with Gasteiger partial charge in [-0.15, -0.1) is 0 Å². The Morgan fingerprint density at radius 1 is 1.55 bits per heavy atom. The molecule has 0 spiro atoms. The summed E-state index contributed by atoms with van der Waals surface area (Å²) >= 11 is 0. The van der Waals surface area contributed by atoms with Crippen molar-refractivity contribution in [2.24, 2.45) is 0 Å². The van der Waals surface area contributed by atoms with E-state index in [1.54, 1.807) is 27.7 Å². The van der Waals surface area contributed by atoms with Gasteiger partial charge in [-0.3, -0.25) is 0 Å². The standard InChI is InChI=1S/C8H16O3/c1-5-6(9)7(10)11-8(2,3)4/h6,9H,5H2,1-4H3/t6-/m1/s1. The highest BCUT2D eigenvalue weighted by molar-refractivity contribution is 5.74. The summed E-state index contributed by atoms with van der Waals surface area (Å²) in [7, 11) is 0. The van der Waals surface area contributed by atoms with Crippen molar-refractivity contribution in [1.29, 1.82) is 0 Å². The van der Waals surface area contributed by atoms with E-state index in [0.717, 1.165) is 0 Å². The number of ether oxygens (including phenoxy) is 1. The van der Waals surface area contributed by atoms with Crippen LogP contribution in [0, 0.1) is 0 Å². The van der Waals surface area contributed by atoms with E-state index in [2.05, 4.69) is 0 Å². The highest BCUT2D eigenvalue weighted by Gasteiger charge is 2.21. The van der Waals surface area contributed by atoms with Crippen LogP contribution in [0.4, 0.5) is 0 Å². The minimum absolute atomic E-state index is 0.398. The summed E-state index contributed by atoms with van der Waals surface area (Å²) in [6, 6.07) is 0. The molecule has 0 radical (unpaired) electrons. The van der Waals surface area contributed by atoms with Gasteiger partial charge in [0, 0.05) is 0 Å². The Kier molecular flexibility index (Phi) is 3.52. The summed E-state index contributed by atoms with van der Waals surface area (Å²) < 4.78 is 4.90. The summed E-state index contributed by atoms with van der Waals surface area (Å²) in [5.74, 6) is -0.542. The average Bonchev–Trinajstić information content (AvgIpc) is 1.82. The van der Waals surface area contributed by atoms with Crippen molar-refractivity contribution in [3.63, 3.8) is 0 Å². The second-order valence-corrected chi connectivity index (χ2v) is 3.46. The Hall–Kier alpha value is -0.570. The molecular weight excluding hydrogens is 144 g/mol. The molecule has 0 saturated heterocycles. The molecule has 0 saturated carbocycles. The van der Waals surface area contributed by atoms with Crippen molar-refractivity contribution in [3.8, 4) is 0 Å². The van der Waals surface area contributed by atoms with Gasteiger partial charge in [0.2, 0.25) is 0 Å². The first-order chi connectivity index (χ1) is 4.87. The third-order valence-corrected chi connectivity index (χ3v) is 1.07. The van der Waals surface area contributed by atoms with Crippen LogP contribution in [-0.2, 0) is 9.53 Å². The van der Waals surface area contributed by atoms with E-state index in [-0.39, 0.29) is 0 Å². The second-order valence-electron chi connectivity index (χ2n) is 3.46. The second kappa shape index (κ2) is 3.72. The van der Waals surface area contributed by atoms with Gasteiger partial charge in [-0.2, -0.15) is 0 Å². The molecule has 0 aromatic heterocycles. The predicted molar refractivity (Wildman–Crippen MR) is 42.1 cm³/mol. The number of aliphatic hydroxyl groups excluding tert-OH is 1. The lowest BCUT2D eigenvalue weighted by molar-refractivity contribution is -0.165. The maximum absolute atomic E-state index is 10.9. The van der Waals surface area contributed by atoms with Crippen LogP contribution in [0.1, 0.15) is 34.1 Å². The Morgan fingerprint density at radius 2 is 2.00 bits per heavy atom. The van der Waals surface area contributed by atoms with Crippen LogP contribution in [0.3, 0.4) is 0 Å². The lowest BCUT2D eigenvalue weighted by Gasteiger charge is -2.21. The molecule has 66 valence electrons. The minimum Gasteiger partial charge on any atom is -0.458 e. The molecule has 0 aliphatic heterocycles. The van der Waals surface area contributed by atoms with E-state index in [9.17, 15) is 4.79 Å². The molecule has 0 heterocycles. The van der Waals surface area contributed by atoms with Gasteiger partial charge in [-0.25, -0.2) is 4.79 Å². The van der Waals surface area contributed by atoms with E-state index in [1.807, 2.05) is 0 Å². The zero-order valence-corrected chi connectivity index (χ0v) is 7.55. The molecule has 0 bridgehead atoms. The van der Waals surface area contributed by atoms with E-state index >= 15 is 0 Å². The highest BCUT2D eigenvalue weighted by Crippen LogP contribution is 2.09. The number of carbonyl (C=O) groups is 1. The fourth-order valence-corrected chi connectivity index (χ4v) is 0.536. The van der Waals surface area contributed by atoms with Gasteiger partial charge in [0.25, 0.3) is 0 Å². The number of esters is 1. The van der Waals surface area contributed by atoms with Crippen molar-refractivity contribution in [2.45, 2.75) is 45.8 Å². The highest BCUT2D eigenvalue weighted by atomic mass is 16.6. The third-order valence-electron chi connectivity index (χ3n) is 1.07. The first-order valence-corrected chi connectivity index (χ1v) is 3.77. The minimum atomic E-state index is -0.978. The Morgan fingerprint density at radius 3 is 2.27 bits per heavy atom. The summed E-state index contributed by atoms with van der Waals surface area (Å²) in [6.45, 7) is 7.04. The van der Waals surface area contributed by atoms with Gasteiger partial charge in [-0.05, 0) is 27.2 Å². The van der Waals surface area contributed by atoms with Crippen LogP contribution >= 0.6 is 0 Å². The van der Waals surface area contributed by atoms with Crippen molar-refractivity contribution in [3.05, 3.63) is 0 Å². The molecule has 11 heavy (non-hydrogen) atoms. The van der Waals surface area contributed by atoms with Crippen LogP contribution in [0.5, 0.6) is 0 Å². The number of hydrogen-bond acceptors (Lipinski definition) is 3. The molecule has 0 rings (SSSR count). The Balaban J connectivity index is 3.88. The first kappa shape index (κ1) is 10.4. The zero-order chi connectivity index (χ0) is 9.07. The third kappa shape index (κ3) is 4.79. The molecule has 0 fully saturated rings. The summed E-state index contributed by atoms with van der Waals surface area (Å²) in [6.07, 6.45) is -0.580.